The number of fused-ring (bicyclic) bond motifs is 1. The van der Waals surface area contributed by atoms with E-state index in [0.717, 1.165) is 22.4 Å². The van der Waals surface area contributed by atoms with Gasteiger partial charge in [-0.1, -0.05) is 23.8 Å². The molecule has 6 nitrogen and oxygen atoms in total. The molecule has 1 N–H and O–H groups in total. The van der Waals surface area contributed by atoms with Crippen molar-refractivity contribution < 1.29 is 9.53 Å². The summed E-state index contributed by atoms with van der Waals surface area (Å²) in [6.45, 7) is 6.45. The van der Waals surface area contributed by atoms with Gasteiger partial charge >= 0.3 is 0 Å². The molecule has 4 rings (SSSR count). The van der Waals surface area contributed by atoms with Crippen LogP contribution in [0, 0.1) is 13.8 Å². The Kier molecular flexibility index (Phi) is 5.86. The smallest absolute Gasteiger partial charge is 0.263 e. The molecule has 0 fully saturated rings. The first-order valence-corrected chi connectivity index (χ1v) is 10.9. The Hall–Kier alpha value is -3.45. The Morgan fingerprint density at radius 1 is 1.13 bits per heavy atom. The molecule has 0 radical (unpaired) electrons. The molecule has 0 aliphatic rings. The van der Waals surface area contributed by atoms with Crippen LogP contribution in [-0.4, -0.2) is 22.1 Å². The number of nitrogens with one attached hydrogen (secondary N) is 1. The van der Waals surface area contributed by atoms with Gasteiger partial charge in [0, 0.05) is 16.6 Å². The number of thiophene rings is 1. The molecular formula is C24H23N3O3S. The van der Waals surface area contributed by atoms with Crippen LogP contribution in [0.2, 0.25) is 0 Å². The summed E-state index contributed by atoms with van der Waals surface area (Å²) >= 11 is 1.43. The summed E-state index contributed by atoms with van der Waals surface area (Å²) < 4.78 is 6.76. The number of aromatic nitrogens is 2. The number of rotatable bonds is 6. The second kappa shape index (κ2) is 8.73. The van der Waals surface area contributed by atoms with Crippen molar-refractivity contribution in [3.05, 3.63) is 75.7 Å². The van der Waals surface area contributed by atoms with Crippen molar-refractivity contribution in [2.45, 2.75) is 27.3 Å². The second-order valence-corrected chi connectivity index (χ2v) is 8.19. The lowest BCUT2D eigenvalue weighted by molar-refractivity contribution is -0.116. The van der Waals surface area contributed by atoms with Gasteiger partial charge in [0.2, 0.25) is 5.91 Å². The van der Waals surface area contributed by atoms with Crippen LogP contribution >= 0.6 is 11.3 Å². The fourth-order valence-electron chi connectivity index (χ4n) is 3.55. The number of ether oxygens (including phenoxy) is 1. The topological polar surface area (TPSA) is 73.2 Å². The maximum Gasteiger partial charge on any atom is 0.263 e. The van der Waals surface area contributed by atoms with Gasteiger partial charge in [-0.15, -0.1) is 11.3 Å². The third kappa shape index (κ3) is 4.36. The maximum atomic E-state index is 13.2. The van der Waals surface area contributed by atoms with Gasteiger partial charge in [-0.2, -0.15) is 0 Å². The predicted molar refractivity (Wildman–Crippen MR) is 125 cm³/mol. The number of hydrogen-bond donors (Lipinski definition) is 1. The van der Waals surface area contributed by atoms with Crippen LogP contribution in [0.4, 0.5) is 5.69 Å². The number of nitrogens with zero attached hydrogens (tertiary/aromatic N) is 2. The standard InChI is InChI=1S/C24H23N3O3S/c1-4-30-18-8-6-17(7-9-18)26-21(28)12-27-14-25-23-22(24(27)29)20(13-31-23)19-10-5-15(2)11-16(19)3/h5-11,13-14H,4,12H2,1-3H3,(H,26,28). The molecule has 2 aromatic heterocycles. The van der Waals surface area contributed by atoms with Crippen LogP contribution in [0.1, 0.15) is 18.1 Å². The Bertz CT molecular complexity index is 1310. The van der Waals surface area contributed by atoms with E-state index in [2.05, 4.69) is 16.4 Å². The van der Waals surface area contributed by atoms with E-state index in [9.17, 15) is 9.59 Å². The van der Waals surface area contributed by atoms with Crippen molar-refractivity contribution in [2.24, 2.45) is 0 Å². The zero-order valence-electron chi connectivity index (χ0n) is 17.6. The van der Waals surface area contributed by atoms with Crippen molar-refractivity contribution in [2.75, 3.05) is 11.9 Å². The van der Waals surface area contributed by atoms with E-state index in [1.165, 1.54) is 27.8 Å². The van der Waals surface area contributed by atoms with Gasteiger partial charge < -0.3 is 10.1 Å². The summed E-state index contributed by atoms with van der Waals surface area (Å²) in [5.74, 6) is 0.443. The summed E-state index contributed by atoms with van der Waals surface area (Å²) in [6.07, 6.45) is 1.44. The molecule has 4 aromatic rings. The Balaban J connectivity index is 1.60. The largest absolute Gasteiger partial charge is 0.494 e. The van der Waals surface area contributed by atoms with Gasteiger partial charge in [-0.3, -0.25) is 14.2 Å². The van der Waals surface area contributed by atoms with E-state index in [1.54, 1.807) is 24.3 Å². The van der Waals surface area contributed by atoms with Gasteiger partial charge in [0.05, 0.1) is 18.3 Å². The molecule has 0 saturated carbocycles. The average molecular weight is 434 g/mol. The first kappa shape index (κ1) is 20.8. The predicted octanol–water partition coefficient (Wildman–Crippen LogP) is 4.78. The van der Waals surface area contributed by atoms with Gasteiger partial charge in [0.25, 0.3) is 5.56 Å². The summed E-state index contributed by atoms with van der Waals surface area (Å²) in [7, 11) is 0. The van der Waals surface area contributed by atoms with E-state index >= 15 is 0 Å². The van der Waals surface area contributed by atoms with Crippen LogP contribution in [0.15, 0.2) is 59.0 Å². The second-order valence-electron chi connectivity index (χ2n) is 7.33. The van der Waals surface area contributed by atoms with Gasteiger partial charge in [-0.25, -0.2) is 4.98 Å². The number of benzene rings is 2. The highest BCUT2D eigenvalue weighted by Gasteiger charge is 2.16. The molecule has 7 heteroatoms. The first-order chi connectivity index (χ1) is 15.0. The van der Waals surface area contributed by atoms with E-state index in [-0.39, 0.29) is 18.0 Å². The minimum atomic E-state index is -0.296. The van der Waals surface area contributed by atoms with E-state index in [4.69, 9.17) is 4.74 Å². The molecule has 2 aromatic carbocycles. The van der Waals surface area contributed by atoms with Gasteiger partial charge in [0.15, 0.2) is 0 Å². The van der Waals surface area contributed by atoms with Gasteiger partial charge in [-0.05, 0) is 56.2 Å². The minimum absolute atomic E-state index is 0.114. The number of carbonyl (C=O) groups excluding carboxylic acids is 1. The van der Waals surface area contributed by atoms with Crippen molar-refractivity contribution in [1.82, 2.24) is 9.55 Å². The van der Waals surface area contributed by atoms with Crippen LogP contribution in [0.5, 0.6) is 5.75 Å². The molecule has 0 atom stereocenters. The molecule has 1 amide bonds. The molecule has 0 saturated heterocycles. The Morgan fingerprint density at radius 2 is 1.90 bits per heavy atom. The number of anilines is 1. The highest BCUT2D eigenvalue weighted by Crippen LogP contribution is 2.33. The molecule has 31 heavy (non-hydrogen) atoms. The zero-order valence-corrected chi connectivity index (χ0v) is 18.5. The van der Waals surface area contributed by atoms with Crippen LogP contribution in [0.3, 0.4) is 0 Å². The van der Waals surface area contributed by atoms with Crippen molar-refractivity contribution in [3.8, 4) is 16.9 Å². The van der Waals surface area contributed by atoms with Crippen LogP contribution in [-0.2, 0) is 11.3 Å². The van der Waals surface area contributed by atoms with Crippen molar-refractivity contribution in [3.63, 3.8) is 0 Å². The lowest BCUT2D eigenvalue weighted by atomic mass is 9.99. The normalized spacial score (nSPS) is 10.9. The van der Waals surface area contributed by atoms with Crippen molar-refractivity contribution >= 4 is 33.1 Å². The summed E-state index contributed by atoms with van der Waals surface area (Å²) in [4.78, 5) is 30.8. The van der Waals surface area contributed by atoms with E-state index in [1.807, 2.05) is 38.3 Å². The van der Waals surface area contributed by atoms with E-state index < -0.39 is 0 Å². The summed E-state index contributed by atoms with van der Waals surface area (Å²) in [5, 5.41) is 5.32. The van der Waals surface area contributed by atoms with Gasteiger partial charge in [0.1, 0.15) is 17.1 Å². The molecule has 0 spiro atoms. The zero-order chi connectivity index (χ0) is 22.0. The number of hydrogen-bond acceptors (Lipinski definition) is 5. The molecule has 0 aliphatic heterocycles. The summed E-state index contributed by atoms with van der Waals surface area (Å²) in [5.41, 5.74) is 4.55. The molecule has 2 heterocycles. The van der Waals surface area contributed by atoms with Crippen molar-refractivity contribution in [1.29, 1.82) is 0 Å². The fourth-order valence-corrected chi connectivity index (χ4v) is 4.45. The third-order valence-electron chi connectivity index (χ3n) is 5.00. The SMILES string of the molecule is CCOc1ccc(NC(=O)Cn2cnc3scc(-c4ccc(C)cc4C)c3c2=O)cc1. The third-order valence-corrected chi connectivity index (χ3v) is 5.88. The molecule has 158 valence electrons. The number of amides is 1. The first-order valence-electron chi connectivity index (χ1n) is 10.0. The van der Waals surface area contributed by atoms with Crippen LogP contribution < -0.4 is 15.6 Å². The summed E-state index contributed by atoms with van der Waals surface area (Å²) in [6, 6.07) is 13.3. The Labute approximate surface area is 184 Å². The lowest BCUT2D eigenvalue weighted by Gasteiger charge is -2.09. The number of carbonyl (C=O) groups is 1. The minimum Gasteiger partial charge on any atom is -0.494 e. The monoisotopic (exact) mass is 433 g/mol. The molecule has 0 aliphatic carbocycles. The quantitative estimate of drug-likeness (QED) is 0.475. The van der Waals surface area contributed by atoms with E-state index in [0.29, 0.717) is 22.5 Å². The molecule has 0 unspecified atom stereocenters. The molecule has 0 bridgehead atoms. The highest BCUT2D eigenvalue weighted by atomic mass is 32.1. The average Bonchev–Trinajstić information content (AvgIpc) is 3.16. The maximum absolute atomic E-state index is 13.2. The lowest BCUT2D eigenvalue weighted by Crippen LogP contribution is -2.27. The molecular weight excluding hydrogens is 410 g/mol. The number of aryl methyl sites for hydroxylation is 2. The Morgan fingerprint density at radius 3 is 2.61 bits per heavy atom. The fraction of sp³-hybridized carbons (Fsp3) is 0.208. The van der Waals surface area contributed by atoms with Crippen LogP contribution in [0.25, 0.3) is 21.3 Å². The highest BCUT2D eigenvalue weighted by molar-refractivity contribution is 7.17.